The number of aromatic nitrogens is 3. The number of pyridine rings is 1. The molecule has 1 N–H and O–H groups in total. The Morgan fingerprint density at radius 3 is 2.57 bits per heavy atom. The van der Waals surface area contributed by atoms with Gasteiger partial charge in [-0.25, -0.2) is 4.98 Å². The van der Waals surface area contributed by atoms with Crippen molar-refractivity contribution in [3.63, 3.8) is 0 Å². The second-order valence-electron chi connectivity index (χ2n) is 12.0. The first-order valence-corrected chi connectivity index (χ1v) is 14.9. The molecule has 0 bridgehead atoms. The van der Waals surface area contributed by atoms with Crippen molar-refractivity contribution in [1.29, 1.82) is 0 Å². The van der Waals surface area contributed by atoms with E-state index in [1.54, 1.807) is 25.5 Å². The highest BCUT2D eigenvalue weighted by Gasteiger charge is 2.30. The number of piperidine rings is 1. The van der Waals surface area contributed by atoms with E-state index < -0.39 is 12.0 Å². The third-order valence-corrected chi connectivity index (χ3v) is 8.80. The zero-order valence-corrected chi connectivity index (χ0v) is 25.9. The Kier molecular flexibility index (Phi) is 10.1. The van der Waals surface area contributed by atoms with Crippen molar-refractivity contribution in [2.75, 3.05) is 13.1 Å². The maximum absolute atomic E-state index is 12.7. The number of carbonyl (C=O) groups is 2. The Balaban J connectivity index is 0.00000405. The average Bonchev–Trinajstić information content (AvgIpc) is 3.26. The number of carbonyl (C=O) groups excluding carboxylic acids is 2. The molecule has 2 fully saturated rings. The highest BCUT2D eigenvalue weighted by molar-refractivity contribution is 5.85. The highest BCUT2D eigenvalue weighted by atomic mass is 35.5. The fourth-order valence-electron chi connectivity index (χ4n) is 6.11. The number of imidazole rings is 1. The number of amides is 1. The molecule has 3 aromatic rings. The van der Waals surface area contributed by atoms with Crippen molar-refractivity contribution in [1.82, 2.24) is 19.0 Å². The molecule has 1 aliphatic carbocycles. The number of hydrogen-bond acceptors (Lipinski definition) is 6. The molecular formula is C32H43ClN4O5. The summed E-state index contributed by atoms with van der Waals surface area (Å²) in [4.78, 5) is 44.2. The lowest BCUT2D eigenvalue weighted by molar-refractivity contribution is -0.162. The molecule has 10 heteroatoms. The van der Waals surface area contributed by atoms with Gasteiger partial charge in [0.25, 0.3) is 5.56 Å². The van der Waals surface area contributed by atoms with Gasteiger partial charge in [-0.3, -0.25) is 14.4 Å². The first kappa shape index (κ1) is 31.8. The minimum absolute atomic E-state index is 0. The second-order valence-corrected chi connectivity index (χ2v) is 12.0. The van der Waals surface area contributed by atoms with Gasteiger partial charge in [0.1, 0.15) is 11.9 Å². The van der Waals surface area contributed by atoms with Crippen LogP contribution in [0.2, 0.25) is 0 Å². The molecule has 0 unspecified atom stereocenters. The van der Waals surface area contributed by atoms with E-state index in [1.807, 2.05) is 24.1 Å². The largest absolute Gasteiger partial charge is 0.462 e. The molecular weight excluding hydrogens is 556 g/mol. The molecule has 0 spiro atoms. The van der Waals surface area contributed by atoms with Crippen molar-refractivity contribution in [2.45, 2.75) is 84.5 Å². The maximum Gasteiger partial charge on any atom is 0.311 e. The zero-order chi connectivity index (χ0) is 29.3. The molecule has 9 nitrogen and oxygen atoms in total. The van der Waals surface area contributed by atoms with E-state index in [9.17, 15) is 19.5 Å². The minimum Gasteiger partial charge on any atom is -0.462 e. The smallest absolute Gasteiger partial charge is 0.311 e. The molecule has 1 saturated heterocycles. The summed E-state index contributed by atoms with van der Waals surface area (Å²) in [5, 5.41) is 10.3. The van der Waals surface area contributed by atoms with Gasteiger partial charge in [-0.15, -0.1) is 12.4 Å². The first-order chi connectivity index (χ1) is 19.6. The van der Waals surface area contributed by atoms with E-state index in [0.29, 0.717) is 30.9 Å². The van der Waals surface area contributed by atoms with Crippen LogP contribution in [0.25, 0.3) is 22.4 Å². The van der Waals surface area contributed by atoms with Gasteiger partial charge in [0.05, 0.1) is 23.1 Å². The van der Waals surface area contributed by atoms with Crippen LogP contribution in [0.15, 0.2) is 35.3 Å². The summed E-state index contributed by atoms with van der Waals surface area (Å²) in [6, 6.07) is 8.09. The number of aryl methyl sites for hydroxylation is 3. The molecule has 0 radical (unpaired) electrons. The number of benzene rings is 1. The van der Waals surface area contributed by atoms with Gasteiger partial charge in [-0.2, -0.15) is 0 Å². The molecule has 1 amide bonds. The van der Waals surface area contributed by atoms with E-state index in [2.05, 4.69) is 22.8 Å². The Labute approximate surface area is 253 Å². The van der Waals surface area contributed by atoms with E-state index in [1.165, 1.54) is 0 Å². The van der Waals surface area contributed by atoms with Crippen molar-refractivity contribution in [3.05, 3.63) is 51.9 Å². The predicted molar refractivity (Wildman–Crippen MR) is 165 cm³/mol. The van der Waals surface area contributed by atoms with Crippen LogP contribution in [0, 0.1) is 18.8 Å². The molecule has 1 saturated carbocycles. The van der Waals surface area contributed by atoms with Crippen LogP contribution in [-0.4, -0.2) is 61.3 Å². The summed E-state index contributed by atoms with van der Waals surface area (Å²) in [7, 11) is 1.75. The number of hydrogen-bond donors (Lipinski definition) is 1. The summed E-state index contributed by atoms with van der Waals surface area (Å²) >= 11 is 0. The summed E-state index contributed by atoms with van der Waals surface area (Å²) in [5.74, 6) is 0.320. The molecule has 42 heavy (non-hydrogen) atoms. The van der Waals surface area contributed by atoms with Crippen molar-refractivity contribution >= 4 is 35.3 Å². The lowest BCUT2D eigenvalue weighted by atomic mass is 9.93. The highest BCUT2D eigenvalue weighted by Crippen LogP contribution is 2.30. The quantitative estimate of drug-likeness (QED) is 0.366. The molecule has 2 aromatic heterocycles. The van der Waals surface area contributed by atoms with E-state index in [-0.39, 0.29) is 35.9 Å². The number of fused-ring (bicyclic) bond motifs is 1. The summed E-state index contributed by atoms with van der Waals surface area (Å²) in [5.41, 5.74) is 4.36. The van der Waals surface area contributed by atoms with Crippen LogP contribution in [0.3, 0.4) is 0 Å². The summed E-state index contributed by atoms with van der Waals surface area (Å²) < 4.78 is 9.41. The number of nitrogens with zero attached hydrogens (tertiary/aromatic N) is 4. The minimum atomic E-state index is -0.782. The molecule has 1 aliphatic heterocycles. The number of rotatable bonds is 9. The van der Waals surface area contributed by atoms with Crippen LogP contribution < -0.4 is 5.56 Å². The number of aliphatic hydroxyl groups excluding tert-OH is 1. The third-order valence-electron chi connectivity index (χ3n) is 8.80. The maximum atomic E-state index is 12.7. The second kappa shape index (κ2) is 13.4. The van der Waals surface area contributed by atoms with Gasteiger partial charge < -0.3 is 23.9 Å². The average molecular weight is 599 g/mol. The van der Waals surface area contributed by atoms with E-state index in [0.717, 1.165) is 73.2 Å². The van der Waals surface area contributed by atoms with E-state index >= 15 is 0 Å². The van der Waals surface area contributed by atoms with Crippen LogP contribution in [0.4, 0.5) is 0 Å². The monoisotopic (exact) mass is 598 g/mol. The zero-order valence-electron chi connectivity index (χ0n) is 25.0. The molecule has 1 aromatic carbocycles. The van der Waals surface area contributed by atoms with Crippen LogP contribution in [-0.2, 0) is 34.3 Å². The predicted octanol–water partition coefficient (Wildman–Crippen LogP) is 4.42. The van der Waals surface area contributed by atoms with Gasteiger partial charge in [-0.1, -0.05) is 6.07 Å². The van der Waals surface area contributed by atoms with Crippen LogP contribution >= 0.6 is 12.4 Å². The van der Waals surface area contributed by atoms with Gasteiger partial charge in [0.2, 0.25) is 5.91 Å². The van der Waals surface area contributed by atoms with Crippen molar-refractivity contribution in [2.24, 2.45) is 18.9 Å². The molecule has 3 atom stereocenters. The Hall–Kier alpha value is -3.17. The first-order valence-electron chi connectivity index (χ1n) is 14.9. The topological polar surface area (TPSA) is 107 Å². The molecule has 3 heterocycles. The normalized spacial score (nSPS) is 18.7. The third kappa shape index (κ3) is 6.89. The Morgan fingerprint density at radius 2 is 1.93 bits per heavy atom. The lowest BCUT2D eigenvalue weighted by Gasteiger charge is -2.32. The van der Waals surface area contributed by atoms with Crippen molar-refractivity contribution in [3.8, 4) is 11.4 Å². The Morgan fingerprint density at radius 1 is 1.17 bits per heavy atom. The standard InChI is InChI=1S/C32H42N4O5.ClH/c1-20-15-25(19-34(4)31(20)39)30-33-28-16-23(10-12-27(21(2)37)32(40)41-26-8-5-9-26)11-13-29(28)36(30)18-24-7-6-14-35(17-24)22(3)38;/h11,13,15-16,19,21,24,26-27,37H,5-10,12,14,17-18H2,1-4H3;1H/t21-,24-,27+;/m1./s1. The number of ether oxygens (including phenoxy) is 1. The van der Waals surface area contributed by atoms with Gasteiger partial charge in [0.15, 0.2) is 0 Å². The SMILES string of the molecule is CC(=O)N1CCC[C@@H](Cn2c(-c3cc(C)c(=O)n(C)c3)nc3cc(CC[C@H](C(=O)OC4CCC4)[C@@H](C)O)ccc32)C1.Cl. The Bertz CT molecular complexity index is 1470. The van der Waals surface area contributed by atoms with Gasteiger partial charge in [-0.05, 0) is 88.5 Å². The number of halogens is 1. The summed E-state index contributed by atoms with van der Waals surface area (Å²) in [6.45, 7) is 7.33. The summed E-state index contributed by atoms with van der Waals surface area (Å²) in [6.07, 6.45) is 7.05. The number of esters is 1. The number of aliphatic hydroxyl groups is 1. The van der Waals surface area contributed by atoms with E-state index in [4.69, 9.17) is 9.72 Å². The van der Waals surface area contributed by atoms with Gasteiger partial charge >= 0.3 is 5.97 Å². The molecule has 228 valence electrons. The van der Waals surface area contributed by atoms with Crippen LogP contribution in [0.1, 0.15) is 63.5 Å². The van der Waals surface area contributed by atoms with Gasteiger partial charge in [0, 0.05) is 50.9 Å². The fraction of sp³-hybridized carbons (Fsp3) is 0.562. The fourth-order valence-corrected chi connectivity index (χ4v) is 6.11. The van der Waals surface area contributed by atoms with Crippen LogP contribution in [0.5, 0.6) is 0 Å². The molecule has 2 aliphatic rings. The van der Waals surface area contributed by atoms with Crippen molar-refractivity contribution < 1.29 is 19.4 Å². The number of likely N-dealkylation sites (tertiary alicyclic amines) is 1. The lowest BCUT2D eigenvalue weighted by Crippen LogP contribution is -2.39. The molecule has 5 rings (SSSR count).